The van der Waals surface area contributed by atoms with E-state index < -0.39 is 0 Å². The van der Waals surface area contributed by atoms with Crippen molar-refractivity contribution in [3.8, 4) is 17.2 Å². The van der Waals surface area contributed by atoms with Crippen LogP contribution in [-0.2, 0) is 4.79 Å². The van der Waals surface area contributed by atoms with E-state index in [0.29, 0.717) is 35.8 Å². The van der Waals surface area contributed by atoms with Crippen molar-refractivity contribution >= 4 is 11.6 Å². The standard InChI is InChI=1S/C14H22N2O4/c1-9(15)5-8-12(17)16-10-6-7-11(18-2)14(20-4)13(10)19-3/h6-7,9H,5,8,15H2,1-4H3,(H,16,17). The first-order chi connectivity index (χ1) is 9.53. The van der Waals surface area contributed by atoms with Gasteiger partial charge in [-0.05, 0) is 25.5 Å². The second-order valence-corrected chi connectivity index (χ2v) is 4.45. The number of hydrogen-bond acceptors (Lipinski definition) is 5. The van der Waals surface area contributed by atoms with Crippen molar-refractivity contribution in [3.63, 3.8) is 0 Å². The molecule has 1 amide bonds. The van der Waals surface area contributed by atoms with Gasteiger partial charge < -0.3 is 25.3 Å². The first-order valence-corrected chi connectivity index (χ1v) is 6.37. The van der Waals surface area contributed by atoms with Crippen LogP contribution in [0.1, 0.15) is 19.8 Å². The number of methoxy groups -OCH3 is 3. The van der Waals surface area contributed by atoms with E-state index in [4.69, 9.17) is 19.9 Å². The summed E-state index contributed by atoms with van der Waals surface area (Å²) in [7, 11) is 4.56. The largest absolute Gasteiger partial charge is 0.493 e. The number of rotatable bonds is 7. The highest BCUT2D eigenvalue weighted by Gasteiger charge is 2.17. The van der Waals surface area contributed by atoms with Crippen molar-refractivity contribution in [2.75, 3.05) is 26.6 Å². The summed E-state index contributed by atoms with van der Waals surface area (Å²) in [6.07, 6.45) is 0.983. The van der Waals surface area contributed by atoms with Crippen molar-refractivity contribution in [2.45, 2.75) is 25.8 Å². The molecule has 0 saturated carbocycles. The number of carbonyl (C=O) groups excluding carboxylic acids is 1. The predicted octanol–water partition coefficient (Wildman–Crippen LogP) is 1.78. The predicted molar refractivity (Wildman–Crippen MR) is 77.6 cm³/mol. The molecule has 0 aromatic heterocycles. The maximum absolute atomic E-state index is 11.8. The van der Waals surface area contributed by atoms with Gasteiger partial charge >= 0.3 is 0 Å². The minimum Gasteiger partial charge on any atom is -0.493 e. The van der Waals surface area contributed by atoms with E-state index in [1.54, 1.807) is 12.1 Å². The average molecular weight is 282 g/mol. The lowest BCUT2D eigenvalue weighted by atomic mass is 10.2. The lowest BCUT2D eigenvalue weighted by molar-refractivity contribution is -0.116. The second kappa shape index (κ2) is 7.59. The number of ether oxygens (including phenoxy) is 3. The summed E-state index contributed by atoms with van der Waals surface area (Å²) >= 11 is 0. The minimum absolute atomic E-state index is 0.00644. The third-order valence-electron chi connectivity index (χ3n) is 2.81. The van der Waals surface area contributed by atoms with Gasteiger partial charge in [-0.1, -0.05) is 0 Å². The zero-order valence-corrected chi connectivity index (χ0v) is 12.4. The number of amides is 1. The van der Waals surface area contributed by atoms with Gasteiger partial charge in [-0.15, -0.1) is 0 Å². The Morgan fingerprint density at radius 2 is 1.85 bits per heavy atom. The van der Waals surface area contributed by atoms with Crippen molar-refractivity contribution in [1.82, 2.24) is 0 Å². The molecule has 1 unspecified atom stereocenters. The number of hydrogen-bond donors (Lipinski definition) is 2. The third-order valence-corrected chi connectivity index (χ3v) is 2.81. The fraction of sp³-hybridized carbons (Fsp3) is 0.500. The first-order valence-electron chi connectivity index (χ1n) is 6.37. The van der Waals surface area contributed by atoms with Gasteiger partial charge in [0.05, 0.1) is 27.0 Å². The molecular formula is C14H22N2O4. The molecule has 0 saturated heterocycles. The lowest BCUT2D eigenvalue weighted by Gasteiger charge is -2.16. The van der Waals surface area contributed by atoms with E-state index in [9.17, 15) is 4.79 Å². The molecule has 0 aliphatic rings. The maximum Gasteiger partial charge on any atom is 0.224 e. The minimum atomic E-state index is -0.118. The van der Waals surface area contributed by atoms with Crippen LogP contribution >= 0.6 is 0 Å². The summed E-state index contributed by atoms with van der Waals surface area (Å²) in [5.74, 6) is 1.30. The summed E-state index contributed by atoms with van der Waals surface area (Å²) in [5, 5.41) is 2.79. The summed E-state index contributed by atoms with van der Waals surface area (Å²) in [5.41, 5.74) is 6.17. The highest BCUT2D eigenvalue weighted by atomic mass is 16.5. The Morgan fingerprint density at radius 1 is 1.20 bits per heavy atom. The van der Waals surface area contributed by atoms with Crippen molar-refractivity contribution in [3.05, 3.63) is 12.1 Å². The van der Waals surface area contributed by atoms with Crippen LogP contribution in [0.15, 0.2) is 12.1 Å². The molecule has 0 heterocycles. The van der Waals surface area contributed by atoms with Gasteiger partial charge in [0.15, 0.2) is 11.5 Å². The van der Waals surface area contributed by atoms with E-state index in [2.05, 4.69) is 5.32 Å². The zero-order valence-electron chi connectivity index (χ0n) is 12.4. The van der Waals surface area contributed by atoms with Gasteiger partial charge in [0.1, 0.15) is 0 Å². The monoisotopic (exact) mass is 282 g/mol. The molecule has 1 aromatic rings. The Balaban J connectivity index is 2.92. The van der Waals surface area contributed by atoms with E-state index >= 15 is 0 Å². The van der Waals surface area contributed by atoms with Crippen LogP contribution in [0.3, 0.4) is 0 Å². The molecule has 20 heavy (non-hydrogen) atoms. The van der Waals surface area contributed by atoms with Gasteiger partial charge in [-0.2, -0.15) is 0 Å². The van der Waals surface area contributed by atoms with Gasteiger partial charge in [0.2, 0.25) is 11.7 Å². The summed E-state index contributed by atoms with van der Waals surface area (Å²) in [4.78, 5) is 11.8. The van der Waals surface area contributed by atoms with Crippen LogP contribution in [0, 0.1) is 0 Å². The summed E-state index contributed by atoms with van der Waals surface area (Å²) < 4.78 is 15.7. The van der Waals surface area contributed by atoms with E-state index in [1.165, 1.54) is 21.3 Å². The lowest BCUT2D eigenvalue weighted by Crippen LogP contribution is -2.19. The highest BCUT2D eigenvalue weighted by Crippen LogP contribution is 2.42. The Bertz CT molecular complexity index is 461. The number of nitrogens with two attached hydrogens (primary N) is 1. The number of carbonyl (C=O) groups is 1. The zero-order chi connectivity index (χ0) is 15.1. The van der Waals surface area contributed by atoms with Crippen molar-refractivity contribution in [1.29, 1.82) is 0 Å². The SMILES string of the molecule is COc1ccc(NC(=O)CCC(C)N)c(OC)c1OC. The third kappa shape index (κ3) is 4.03. The topological polar surface area (TPSA) is 82.8 Å². The Hall–Kier alpha value is -1.95. The van der Waals surface area contributed by atoms with Gasteiger partial charge in [0, 0.05) is 12.5 Å². The Kier molecular flexibility index (Phi) is 6.11. The molecule has 0 fully saturated rings. The molecule has 0 aliphatic carbocycles. The average Bonchev–Trinajstić information content (AvgIpc) is 2.44. The summed E-state index contributed by atoms with van der Waals surface area (Å²) in [6, 6.07) is 3.42. The van der Waals surface area contributed by atoms with Crippen LogP contribution in [-0.4, -0.2) is 33.3 Å². The van der Waals surface area contributed by atoms with Gasteiger partial charge in [-0.25, -0.2) is 0 Å². The number of nitrogens with one attached hydrogen (secondary N) is 1. The van der Waals surface area contributed by atoms with Crippen LogP contribution in [0.25, 0.3) is 0 Å². The number of anilines is 1. The van der Waals surface area contributed by atoms with Crippen LogP contribution in [0.5, 0.6) is 17.2 Å². The Labute approximate surface area is 119 Å². The maximum atomic E-state index is 11.8. The highest BCUT2D eigenvalue weighted by molar-refractivity contribution is 5.93. The fourth-order valence-corrected chi connectivity index (χ4v) is 1.77. The number of benzene rings is 1. The Morgan fingerprint density at radius 3 is 2.35 bits per heavy atom. The fourth-order valence-electron chi connectivity index (χ4n) is 1.77. The molecule has 1 rings (SSSR count). The smallest absolute Gasteiger partial charge is 0.224 e. The molecule has 1 aromatic carbocycles. The molecule has 1 atom stereocenters. The van der Waals surface area contributed by atoms with Crippen LogP contribution in [0.2, 0.25) is 0 Å². The molecule has 3 N–H and O–H groups in total. The molecule has 0 spiro atoms. The molecule has 6 nitrogen and oxygen atoms in total. The van der Waals surface area contributed by atoms with E-state index in [0.717, 1.165) is 0 Å². The summed E-state index contributed by atoms with van der Waals surface area (Å²) in [6.45, 7) is 1.87. The molecule has 6 heteroatoms. The van der Waals surface area contributed by atoms with Gasteiger partial charge in [-0.3, -0.25) is 4.79 Å². The quantitative estimate of drug-likeness (QED) is 0.796. The molecular weight excluding hydrogens is 260 g/mol. The van der Waals surface area contributed by atoms with Gasteiger partial charge in [0.25, 0.3) is 0 Å². The van der Waals surface area contributed by atoms with E-state index in [-0.39, 0.29) is 11.9 Å². The van der Waals surface area contributed by atoms with Crippen LogP contribution < -0.4 is 25.3 Å². The molecule has 0 bridgehead atoms. The van der Waals surface area contributed by atoms with E-state index in [1.807, 2.05) is 6.92 Å². The molecule has 112 valence electrons. The van der Waals surface area contributed by atoms with Crippen molar-refractivity contribution in [2.24, 2.45) is 5.73 Å². The first kappa shape index (κ1) is 16.1. The molecule has 0 radical (unpaired) electrons. The van der Waals surface area contributed by atoms with Crippen LogP contribution in [0.4, 0.5) is 5.69 Å². The van der Waals surface area contributed by atoms with Crippen molar-refractivity contribution < 1.29 is 19.0 Å². The normalized spacial score (nSPS) is 11.7. The molecule has 0 aliphatic heterocycles. The second-order valence-electron chi connectivity index (χ2n) is 4.45.